The molecule has 0 aromatic rings. The largest absolute Gasteiger partial charge is 0.328 e. The first kappa shape index (κ1) is 11.6. The summed E-state index contributed by atoms with van der Waals surface area (Å²) in [4.78, 5) is 25.2. The first-order valence-electron chi connectivity index (χ1n) is 6.21. The van der Waals surface area contributed by atoms with Crippen LogP contribution in [0.3, 0.4) is 0 Å². The summed E-state index contributed by atoms with van der Waals surface area (Å²) in [5.74, 6) is 0.235. The van der Waals surface area contributed by atoms with Crippen molar-refractivity contribution in [2.75, 3.05) is 6.54 Å². The molecule has 2 fully saturated rings. The van der Waals surface area contributed by atoms with Gasteiger partial charge in [-0.3, -0.25) is 14.5 Å². The predicted octanol–water partition coefficient (Wildman–Crippen LogP) is 0.899. The summed E-state index contributed by atoms with van der Waals surface area (Å²) in [6.07, 6.45) is 4.97. The van der Waals surface area contributed by atoms with Gasteiger partial charge in [-0.15, -0.1) is 0 Å². The maximum absolute atomic E-state index is 11.9. The van der Waals surface area contributed by atoms with Crippen molar-refractivity contribution in [2.24, 2.45) is 17.6 Å². The fourth-order valence-electron chi connectivity index (χ4n) is 3.01. The van der Waals surface area contributed by atoms with Crippen LogP contribution in [0.5, 0.6) is 0 Å². The van der Waals surface area contributed by atoms with Crippen LogP contribution in [0, 0.1) is 11.8 Å². The van der Waals surface area contributed by atoms with Gasteiger partial charge in [-0.2, -0.15) is 0 Å². The normalized spacial score (nSPS) is 29.1. The number of imide groups is 1. The number of hydrogen-bond acceptors (Lipinski definition) is 3. The Kier molecular flexibility index (Phi) is 3.28. The van der Waals surface area contributed by atoms with E-state index in [1.54, 1.807) is 0 Å². The molecular formula is C12H20N2O2. The standard InChI is InChI=1S/C12H20N2O2/c1-8-6-11(15)14(12(8)16)10(7-13)9-4-2-3-5-9/h8-10H,2-7,13H2,1H3. The van der Waals surface area contributed by atoms with E-state index in [4.69, 9.17) is 5.73 Å². The van der Waals surface area contributed by atoms with Gasteiger partial charge in [-0.1, -0.05) is 19.8 Å². The third kappa shape index (κ3) is 1.86. The van der Waals surface area contributed by atoms with E-state index in [1.165, 1.54) is 17.7 Å². The van der Waals surface area contributed by atoms with Crippen LogP contribution in [0.2, 0.25) is 0 Å². The fourth-order valence-corrected chi connectivity index (χ4v) is 3.01. The maximum atomic E-state index is 11.9. The summed E-state index contributed by atoms with van der Waals surface area (Å²) in [5, 5.41) is 0. The molecule has 1 heterocycles. The molecule has 4 nitrogen and oxygen atoms in total. The van der Waals surface area contributed by atoms with Gasteiger partial charge in [0.1, 0.15) is 0 Å². The van der Waals surface area contributed by atoms with Gasteiger partial charge in [-0.05, 0) is 18.8 Å². The van der Waals surface area contributed by atoms with E-state index in [-0.39, 0.29) is 23.8 Å². The minimum Gasteiger partial charge on any atom is -0.328 e. The van der Waals surface area contributed by atoms with Crippen molar-refractivity contribution in [1.82, 2.24) is 4.90 Å². The van der Waals surface area contributed by atoms with Crippen molar-refractivity contribution in [1.29, 1.82) is 0 Å². The lowest BCUT2D eigenvalue weighted by Crippen LogP contribution is -2.48. The number of amides is 2. The Morgan fingerprint density at radius 2 is 2.00 bits per heavy atom. The van der Waals surface area contributed by atoms with E-state index in [2.05, 4.69) is 0 Å². The highest BCUT2D eigenvalue weighted by Crippen LogP contribution is 2.33. The zero-order valence-electron chi connectivity index (χ0n) is 9.82. The molecule has 2 amide bonds. The molecule has 1 aliphatic carbocycles. The summed E-state index contributed by atoms with van der Waals surface area (Å²) in [5.41, 5.74) is 5.76. The minimum absolute atomic E-state index is 0.0210. The van der Waals surface area contributed by atoms with E-state index >= 15 is 0 Å². The highest BCUT2D eigenvalue weighted by Gasteiger charge is 2.42. The van der Waals surface area contributed by atoms with E-state index < -0.39 is 0 Å². The number of rotatable bonds is 3. The van der Waals surface area contributed by atoms with Gasteiger partial charge < -0.3 is 5.73 Å². The lowest BCUT2D eigenvalue weighted by Gasteiger charge is -2.30. The molecule has 1 saturated carbocycles. The summed E-state index contributed by atoms with van der Waals surface area (Å²) in [6, 6.07) is -0.0487. The molecule has 16 heavy (non-hydrogen) atoms. The zero-order chi connectivity index (χ0) is 11.7. The van der Waals surface area contributed by atoms with Crippen molar-refractivity contribution in [2.45, 2.75) is 45.1 Å². The second-order valence-corrected chi connectivity index (χ2v) is 5.05. The first-order valence-corrected chi connectivity index (χ1v) is 6.21. The topological polar surface area (TPSA) is 63.4 Å². The lowest BCUT2D eigenvalue weighted by atomic mass is 9.96. The van der Waals surface area contributed by atoms with Crippen LogP contribution in [-0.4, -0.2) is 29.3 Å². The van der Waals surface area contributed by atoms with Gasteiger partial charge in [-0.25, -0.2) is 0 Å². The van der Waals surface area contributed by atoms with Crippen molar-refractivity contribution in [3.8, 4) is 0 Å². The molecule has 0 radical (unpaired) electrons. The Labute approximate surface area is 96.2 Å². The van der Waals surface area contributed by atoms with E-state index in [1.807, 2.05) is 6.92 Å². The van der Waals surface area contributed by atoms with Gasteiger partial charge in [0.15, 0.2) is 0 Å². The molecule has 1 saturated heterocycles. The third-order valence-corrected chi connectivity index (χ3v) is 3.93. The maximum Gasteiger partial charge on any atom is 0.232 e. The van der Waals surface area contributed by atoms with Crippen LogP contribution in [-0.2, 0) is 9.59 Å². The van der Waals surface area contributed by atoms with Crippen molar-refractivity contribution < 1.29 is 9.59 Å². The number of carbonyl (C=O) groups is 2. The quantitative estimate of drug-likeness (QED) is 0.724. The SMILES string of the molecule is CC1CC(=O)N(C(CN)C2CCCC2)C1=O. The van der Waals surface area contributed by atoms with Crippen LogP contribution < -0.4 is 5.73 Å². The molecule has 2 atom stereocenters. The highest BCUT2D eigenvalue weighted by atomic mass is 16.2. The van der Waals surface area contributed by atoms with Gasteiger partial charge in [0.2, 0.25) is 11.8 Å². The van der Waals surface area contributed by atoms with Crippen LogP contribution in [0.15, 0.2) is 0 Å². The van der Waals surface area contributed by atoms with Crippen LogP contribution in [0.25, 0.3) is 0 Å². The number of nitrogens with zero attached hydrogens (tertiary/aromatic N) is 1. The number of likely N-dealkylation sites (tertiary alicyclic amines) is 1. The molecule has 0 bridgehead atoms. The Bertz CT molecular complexity index is 297. The van der Waals surface area contributed by atoms with Crippen LogP contribution in [0.4, 0.5) is 0 Å². The number of hydrogen-bond donors (Lipinski definition) is 1. The fraction of sp³-hybridized carbons (Fsp3) is 0.833. The van der Waals surface area contributed by atoms with Gasteiger partial charge in [0.05, 0.1) is 6.04 Å². The third-order valence-electron chi connectivity index (χ3n) is 3.93. The number of carbonyl (C=O) groups excluding carboxylic acids is 2. The molecule has 0 aromatic heterocycles. The minimum atomic E-state index is -0.150. The molecule has 2 aliphatic rings. The predicted molar refractivity (Wildman–Crippen MR) is 60.4 cm³/mol. The van der Waals surface area contributed by atoms with E-state index in [9.17, 15) is 9.59 Å². The summed E-state index contributed by atoms with van der Waals surface area (Å²) in [7, 11) is 0. The van der Waals surface area contributed by atoms with Gasteiger partial charge in [0.25, 0.3) is 0 Å². The Hall–Kier alpha value is -0.900. The highest BCUT2D eigenvalue weighted by molar-refractivity contribution is 6.03. The van der Waals surface area contributed by atoms with Crippen molar-refractivity contribution >= 4 is 11.8 Å². The summed E-state index contributed by atoms with van der Waals surface area (Å²) >= 11 is 0. The molecule has 90 valence electrons. The molecule has 0 spiro atoms. The summed E-state index contributed by atoms with van der Waals surface area (Å²) in [6.45, 7) is 2.23. The van der Waals surface area contributed by atoms with Crippen LogP contribution in [0.1, 0.15) is 39.0 Å². The molecule has 2 rings (SSSR count). The molecule has 2 N–H and O–H groups in total. The monoisotopic (exact) mass is 224 g/mol. The Morgan fingerprint density at radius 3 is 2.44 bits per heavy atom. The second-order valence-electron chi connectivity index (χ2n) is 5.05. The Balaban J connectivity index is 2.14. The van der Waals surface area contributed by atoms with Gasteiger partial charge in [0, 0.05) is 18.9 Å². The zero-order valence-corrected chi connectivity index (χ0v) is 9.82. The average molecular weight is 224 g/mol. The number of nitrogens with two attached hydrogens (primary N) is 1. The Morgan fingerprint density at radius 1 is 1.38 bits per heavy atom. The summed E-state index contributed by atoms with van der Waals surface area (Å²) < 4.78 is 0. The first-order chi connectivity index (χ1) is 7.65. The average Bonchev–Trinajstić information content (AvgIpc) is 2.84. The molecule has 0 aromatic carbocycles. The van der Waals surface area contributed by atoms with Gasteiger partial charge >= 0.3 is 0 Å². The molecule has 1 aliphatic heterocycles. The molecule has 4 heteroatoms. The van der Waals surface area contributed by atoms with Crippen LogP contribution >= 0.6 is 0 Å². The van der Waals surface area contributed by atoms with E-state index in [0.717, 1.165) is 12.8 Å². The van der Waals surface area contributed by atoms with Crippen molar-refractivity contribution in [3.05, 3.63) is 0 Å². The smallest absolute Gasteiger partial charge is 0.232 e. The second kappa shape index (κ2) is 4.53. The molecular weight excluding hydrogens is 204 g/mol. The molecule has 2 unspecified atom stereocenters. The van der Waals surface area contributed by atoms with Crippen molar-refractivity contribution in [3.63, 3.8) is 0 Å². The van der Waals surface area contributed by atoms with E-state index in [0.29, 0.717) is 18.9 Å². The lowest BCUT2D eigenvalue weighted by molar-refractivity contribution is -0.143.